The highest BCUT2D eigenvalue weighted by Crippen LogP contribution is 2.19. The minimum Gasteiger partial charge on any atom is -0.388 e. The molecule has 166 valence electrons. The number of hydrogen-bond donors (Lipinski definition) is 3. The Kier molecular flexibility index (Phi) is 5.24. The van der Waals surface area contributed by atoms with Crippen LogP contribution in [-0.4, -0.2) is 75.5 Å². The summed E-state index contributed by atoms with van der Waals surface area (Å²) in [6.45, 7) is -0.00260. The SMILES string of the molecule is Cn1nccc1C(=O)N[C@@H]1CO[C@H](Cn2cnc3c(=O)n(C)c(=O)n(C)c32)[C@@H](O)[C@H]1O. The highest BCUT2D eigenvalue weighted by Gasteiger charge is 2.39. The van der Waals surface area contributed by atoms with Crippen LogP contribution >= 0.6 is 0 Å². The standard InChI is InChI=1S/C18H23N7O6/c1-22-16-12(17(29)23(2)18(22)30)19-8-25(16)6-11-14(27)13(26)9(7-31-11)21-15(28)10-4-5-20-24(10)3/h4-5,8-9,11,13-14,26-27H,6-7H2,1-3H3,(H,21,28)/t9-,11-,13+,14-/m1/s1. The van der Waals surface area contributed by atoms with Crippen LogP contribution in [0.4, 0.5) is 0 Å². The van der Waals surface area contributed by atoms with Gasteiger partial charge in [0.25, 0.3) is 11.5 Å². The van der Waals surface area contributed by atoms with Crippen molar-refractivity contribution in [2.45, 2.75) is 30.9 Å². The summed E-state index contributed by atoms with van der Waals surface area (Å²) in [7, 11) is 4.50. The predicted octanol–water partition coefficient (Wildman–Crippen LogP) is -2.91. The molecule has 1 aliphatic rings. The molecule has 3 aromatic rings. The monoisotopic (exact) mass is 433 g/mol. The molecule has 1 saturated heterocycles. The fourth-order valence-electron chi connectivity index (χ4n) is 3.78. The smallest absolute Gasteiger partial charge is 0.332 e. The number of aliphatic hydroxyl groups excluding tert-OH is 2. The number of carbonyl (C=O) groups excluding carboxylic acids is 1. The Bertz CT molecular complexity index is 1250. The third-order valence-electron chi connectivity index (χ3n) is 5.59. The lowest BCUT2D eigenvalue weighted by Crippen LogP contribution is -2.60. The molecular formula is C18H23N7O6. The second-order valence-corrected chi connectivity index (χ2v) is 7.55. The van der Waals surface area contributed by atoms with Crippen molar-refractivity contribution in [2.24, 2.45) is 21.1 Å². The first-order valence-electron chi connectivity index (χ1n) is 9.58. The van der Waals surface area contributed by atoms with E-state index < -0.39 is 41.5 Å². The van der Waals surface area contributed by atoms with Gasteiger partial charge in [0.1, 0.15) is 29.7 Å². The molecular weight excluding hydrogens is 410 g/mol. The van der Waals surface area contributed by atoms with Crippen LogP contribution < -0.4 is 16.6 Å². The number of nitrogens with one attached hydrogen (secondary N) is 1. The van der Waals surface area contributed by atoms with Gasteiger partial charge in [0, 0.05) is 27.3 Å². The maximum atomic E-state index is 12.4. The number of ether oxygens (including phenoxy) is 1. The molecule has 1 aliphatic heterocycles. The quantitative estimate of drug-likeness (QED) is 0.395. The maximum Gasteiger partial charge on any atom is 0.332 e. The highest BCUT2D eigenvalue weighted by molar-refractivity contribution is 5.92. The summed E-state index contributed by atoms with van der Waals surface area (Å²) < 4.78 is 10.9. The first-order chi connectivity index (χ1) is 14.7. The fraction of sp³-hybridized carbons (Fsp3) is 0.500. The molecule has 0 aromatic carbocycles. The van der Waals surface area contributed by atoms with Crippen LogP contribution in [-0.2, 0) is 32.4 Å². The largest absolute Gasteiger partial charge is 0.388 e. The van der Waals surface area contributed by atoms with Gasteiger partial charge in [0.15, 0.2) is 5.52 Å². The van der Waals surface area contributed by atoms with E-state index in [4.69, 9.17) is 4.74 Å². The van der Waals surface area contributed by atoms with Crippen LogP contribution in [0.3, 0.4) is 0 Å². The molecule has 0 radical (unpaired) electrons. The Hall–Kier alpha value is -3.29. The first-order valence-corrected chi connectivity index (χ1v) is 9.58. The molecule has 31 heavy (non-hydrogen) atoms. The Morgan fingerprint density at radius 1 is 1.23 bits per heavy atom. The zero-order valence-corrected chi connectivity index (χ0v) is 17.2. The van der Waals surface area contributed by atoms with E-state index in [9.17, 15) is 24.6 Å². The molecule has 4 heterocycles. The second-order valence-electron chi connectivity index (χ2n) is 7.55. The van der Waals surface area contributed by atoms with Crippen LogP contribution in [0.5, 0.6) is 0 Å². The molecule has 0 spiro atoms. The van der Waals surface area contributed by atoms with E-state index >= 15 is 0 Å². The van der Waals surface area contributed by atoms with Gasteiger partial charge in [-0.1, -0.05) is 0 Å². The molecule has 1 fully saturated rings. The lowest BCUT2D eigenvalue weighted by Gasteiger charge is -2.38. The van der Waals surface area contributed by atoms with E-state index in [1.165, 1.54) is 46.5 Å². The van der Waals surface area contributed by atoms with Gasteiger partial charge in [0.2, 0.25) is 0 Å². The molecule has 0 saturated carbocycles. The van der Waals surface area contributed by atoms with Crippen LogP contribution in [0.25, 0.3) is 11.2 Å². The molecule has 0 bridgehead atoms. The highest BCUT2D eigenvalue weighted by atomic mass is 16.5. The van der Waals surface area contributed by atoms with Gasteiger partial charge in [-0.15, -0.1) is 0 Å². The third-order valence-corrected chi connectivity index (χ3v) is 5.59. The number of rotatable bonds is 4. The summed E-state index contributed by atoms with van der Waals surface area (Å²) in [5, 5.41) is 27.7. The van der Waals surface area contributed by atoms with E-state index in [0.717, 1.165) is 4.57 Å². The van der Waals surface area contributed by atoms with Crippen molar-refractivity contribution in [2.75, 3.05) is 6.61 Å². The Morgan fingerprint density at radius 2 is 1.97 bits per heavy atom. The van der Waals surface area contributed by atoms with Crippen LogP contribution in [0.15, 0.2) is 28.2 Å². The second kappa shape index (κ2) is 7.76. The van der Waals surface area contributed by atoms with Crippen molar-refractivity contribution < 1.29 is 19.7 Å². The van der Waals surface area contributed by atoms with Crippen LogP contribution in [0.1, 0.15) is 10.5 Å². The first kappa shape index (κ1) is 21.0. The Labute approximate surface area is 175 Å². The fourth-order valence-corrected chi connectivity index (χ4v) is 3.78. The Morgan fingerprint density at radius 3 is 2.65 bits per heavy atom. The number of aryl methyl sites for hydroxylation is 2. The van der Waals surface area contributed by atoms with E-state index in [-0.39, 0.29) is 24.3 Å². The summed E-state index contributed by atoms with van der Waals surface area (Å²) in [5.41, 5.74) is -0.347. The average molecular weight is 433 g/mol. The lowest BCUT2D eigenvalue weighted by atomic mass is 9.97. The minimum absolute atomic E-state index is 0.0393. The van der Waals surface area contributed by atoms with Gasteiger partial charge in [-0.25, -0.2) is 9.78 Å². The van der Waals surface area contributed by atoms with Gasteiger partial charge < -0.3 is 24.8 Å². The third kappa shape index (κ3) is 3.45. The summed E-state index contributed by atoms with van der Waals surface area (Å²) >= 11 is 0. The van der Waals surface area contributed by atoms with Crippen LogP contribution in [0.2, 0.25) is 0 Å². The lowest BCUT2D eigenvalue weighted by molar-refractivity contribution is -0.152. The number of hydrogen-bond acceptors (Lipinski definition) is 8. The molecule has 4 atom stereocenters. The van der Waals surface area contributed by atoms with E-state index in [1.807, 2.05) is 0 Å². The molecule has 0 unspecified atom stereocenters. The number of aromatic nitrogens is 6. The van der Waals surface area contributed by atoms with Gasteiger partial charge in [-0.3, -0.25) is 23.4 Å². The maximum absolute atomic E-state index is 12.4. The normalized spacial score (nSPS) is 23.9. The van der Waals surface area contributed by atoms with Crippen molar-refractivity contribution in [1.29, 1.82) is 0 Å². The summed E-state index contributed by atoms with van der Waals surface area (Å²) in [6.07, 6.45) is -0.612. The summed E-state index contributed by atoms with van der Waals surface area (Å²) in [4.78, 5) is 41.0. The van der Waals surface area contributed by atoms with E-state index in [1.54, 1.807) is 7.05 Å². The molecule has 3 aromatic heterocycles. The van der Waals surface area contributed by atoms with Gasteiger partial charge in [-0.05, 0) is 6.07 Å². The number of nitrogens with zero attached hydrogens (tertiary/aromatic N) is 6. The Balaban J connectivity index is 1.52. The summed E-state index contributed by atoms with van der Waals surface area (Å²) in [5.74, 6) is -0.454. The van der Waals surface area contributed by atoms with Crippen LogP contribution in [0, 0.1) is 0 Å². The zero-order valence-electron chi connectivity index (χ0n) is 17.2. The van der Waals surface area contributed by atoms with E-state index in [2.05, 4.69) is 15.4 Å². The number of amides is 1. The van der Waals surface area contributed by atoms with Gasteiger partial charge in [-0.2, -0.15) is 5.10 Å². The van der Waals surface area contributed by atoms with Gasteiger partial charge >= 0.3 is 5.69 Å². The number of fused-ring (bicyclic) bond motifs is 1. The van der Waals surface area contributed by atoms with Crippen molar-refractivity contribution in [3.05, 3.63) is 45.1 Å². The predicted molar refractivity (Wildman–Crippen MR) is 106 cm³/mol. The van der Waals surface area contributed by atoms with Crippen molar-refractivity contribution >= 4 is 17.1 Å². The molecule has 13 heteroatoms. The molecule has 13 nitrogen and oxygen atoms in total. The molecule has 1 amide bonds. The number of aliphatic hydroxyl groups is 2. The average Bonchev–Trinajstić information content (AvgIpc) is 3.36. The molecule has 3 N–H and O–H groups in total. The number of carbonyl (C=O) groups is 1. The van der Waals surface area contributed by atoms with Crippen molar-refractivity contribution in [1.82, 2.24) is 33.8 Å². The summed E-state index contributed by atoms with van der Waals surface area (Å²) in [6, 6.07) is 0.702. The van der Waals surface area contributed by atoms with Crippen molar-refractivity contribution in [3.8, 4) is 0 Å². The number of imidazole rings is 1. The van der Waals surface area contributed by atoms with Crippen molar-refractivity contribution in [3.63, 3.8) is 0 Å². The molecule has 0 aliphatic carbocycles. The minimum atomic E-state index is -1.33. The topological polar surface area (TPSA) is 158 Å². The molecule has 4 rings (SSSR count). The van der Waals surface area contributed by atoms with Gasteiger partial charge in [0.05, 0.1) is 25.5 Å². The zero-order chi connectivity index (χ0) is 22.4. The van der Waals surface area contributed by atoms with E-state index in [0.29, 0.717) is 5.69 Å².